The van der Waals surface area contributed by atoms with Crippen LogP contribution >= 0.6 is 22.7 Å². The van der Waals surface area contributed by atoms with Gasteiger partial charge in [0.1, 0.15) is 5.71 Å². The number of carboxylic acid groups (broad SMARTS) is 1. The number of thiazole rings is 2. The van der Waals surface area contributed by atoms with E-state index >= 15 is 0 Å². The van der Waals surface area contributed by atoms with Crippen LogP contribution in [-0.2, 0) is 9.59 Å². The van der Waals surface area contributed by atoms with Crippen molar-refractivity contribution >= 4 is 62.1 Å². The summed E-state index contributed by atoms with van der Waals surface area (Å²) in [5.41, 5.74) is 6.10. The Morgan fingerprint density at radius 3 is 2.51 bits per heavy atom. The highest BCUT2D eigenvalue weighted by Crippen LogP contribution is 2.30. The fraction of sp³-hybridized carbons (Fsp3) is 0.179. The van der Waals surface area contributed by atoms with Crippen molar-refractivity contribution in [1.29, 1.82) is 0 Å². The minimum atomic E-state index is -0.809. The van der Waals surface area contributed by atoms with Gasteiger partial charge in [0.05, 0.1) is 5.69 Å². The maximum atomic E-state index is 13.4. The van der Waals surface area contributed by atoms with Crippen LogP contribution in [0, 0.1) is 0 Å². The van der Waals surface area contributed by atoms with Gasteiger partial charge in [0.2, 0.25) is 10.3 Å². The first kappa shape index (κ1) is 27.8. The number of aliphatic carboxylic acids is 1. The zero-order valence-corrected chi connectivity index (χ0v) is 23.3. The standard InChI is InChI=1S/C28H25N7O4S2/c36-22(37)9-5-2-6-14-29-25(38)20-12-10-18(11-13-20)21-17-41-28(31-21)35-26(39)24(32-33-27-30-15-16-40-27)23(34-35)19-7-3-1-4-8-19/h1,3-4,7-8,10-13,15-17H,2,5-6,9,14H2,(H,29,38)(H,30,33)(H,36,37)/b32-24+. The summed E-state index contributed by atoms with van der Waals surface area (Å²) in [5, 5.41) is 26.3. The molecule has 0 atom stereocenters. The van der Waals surface area contributed by atoms with Gasteiger partial charge < -0.3 is 10.4 Å². The summed E-state index contributed by atoms with van der Waals surface area (Å²) in [4.78, 5) is 45.2. The largest absolute Gasteiger partial charge is 0.481 e. The van der Waals surface area contributed by atoms with Crippen molar-refractivity contribution in [3.8, 4) is 11.3 Å². The lowest BCUT2D eigenvalue weighted by Crippen LogP contribution is -2.28. The van der Waals surface area contributed by atoms with Crippen LogP contribution in [0.1, 0.15) is 41.6 Å². The number of carbonyl (C=O) groups excluding carboxylic acids is 2. The van der Waals surface area contributed by atoms with Crippen LogP contribution in [0.5, 0.6) is 0 Å². The van der Waals surface area contributed by atoms with Crippen LogP contribution in [0.3, 0.4) is 0 Å². The Kier molecular flexibility index (Phi) is 8.86. The molecule has 0 radical (unpaired) electrons. The number of amides is 2. The molecular formula is C28H25N7O4S2. The Morgan fingerprint density at radius 2 is 1.78 bits per heavy atom. The molecule has 208 valence electrons. The molecule has 2 amide bonds. The Hall–Kier alpha value is -4.75. The molecule has 41 heavy (non-hydrogen) atoms. The van der Waals surface area contributed by atoms with Crippen molar-refractivity contribution in [3.05, 3.63) is 82.7 Å². The molecule has 0 fully saturated rings. The van der Waals surface area contributed by atoms with Gasteiger partial charge >= 0.3 is 11.9 Å². The fourth-order valence-electron chi connectivity index (χ4n) is 3.97. The summed E-state index contributed by atoms with van der Waals surface area (Å²) >= 11 is 2.64. The zero-order chi connectivity index (χ0) is 28.6. The number of hydrogen-bond donors (Lipinski definition) is 3. The van der Waals surface area contributed by atoms with Gasteiger partial charge in [-0.25, -0.2) is 9.97 Å². The minimum absolute atomic E-state index is 0.138. The maximum Gasteiger partial charge on any atom is 0.303 e. The SMILES string of the molecule is O=C(O)CCCCCNC(=O)c1ccc(-c2csc(N3N=C(c4ccccc4)/C(=N\Nc4nccs4)C3=O)n2)cc1. The van der Waals surface area contributed by atoms with Crippen LogP contribution < -0.4 is 15.8 Å². The van der Waals surface area contributed by atoms with Crippen molar-refractivity contribution in [1.82, 2.24) is 15.3 Å². The van der Waals surface area contributed by atoms with Crippen molar-refractivity contribution in [2.24, 2.45) is 10.2 Å². The second kappa shape index (κ2) is 13.1. The number of unbranched alkanes of at least 4 members (excludes halogenated alkanes) is 2. The number of hydrogen-bond acceptors (Lipinski definition) is 10. The third-order valence-corrected chi connectivity index (χ3v) is 7.53. The normalized spacial score (nSPS) is 13.9. The highest BCUT2D eigenvalue weighted by atomic mass is 32.1. The molecule has 11 nitrogen and oxygen atoms in total. The van der Waals surface area contributed by atoms with E-state index in [0.29, 0.717) is 40.2 Å². The predicted octanol–water partition coefficient (Wildman–Crippen LogP) is 4.86. The van der Waals surface area contributed by atoms with Gasteiger partial charge in [-0.3, -0.25) is 19.8 Å². The molecule has 2 aromatic heterocycles. The van der Waals surface area contributed by atoms with E-state index in [1.54, 1.807) is 35.8 Å². The zero-order valence-electron chi connectivity index (χ0n) is 21.7. The molecule has 0 aliphatic carbocycles. The second-order valence-electron chi connectivity index (χ2n) is 8.89. The average Bonchev–Trinajstić information content (AvgIpc) is 3.75. The molecule has 2 aromatic carbocycles. The van der Waals surface area contributed by atoms with Crippen molar-refractivity contribution in [3.63, 3.8) is 0 Å². The van der Waals surface area contributed by atoms with Gasteiger partial charge in [-0.15, -0.1) is 22.7 Å². The average molecular weight is 588 g/mol. The molecule has 0 saturated carbocycles. The lowest BCUT2D eigenvalue weighted by Gasteiger charge is -2.07. The number of rotatable bonds is 12. The van der Waals surface area contributed by atoms with Gasteiger partial charge in [0.25, 0.3) is 5.91 Å². The Labute approximate surface area is 243 Å². The van der Waals surface area contributed by atoms with E-state index < -0.39 is 11.9 Å². The quantitative estimate of drug-likeness (QED) is 0.158. The van der Waals surface area contributed by atoms with Crippen molar-refractivity contribution in [2.75, 3.05) is 17.0 Å². The van der Waals surface area contributed by atoms with Gasteiger partial charge in [0, 0.05) is 46.6 Å². The maximum absolute atomic E-state index is 13.4. The number of anilines is 2. The summed E-state index contributed by atoms with van der Waals surface area (Å²) in [6, 6.07) is 16.4. The predicted molar refractivity (Wildman–Crippen MR) is 160 cm³/mol. The Morgan fingerprint density at radius 1 is 0.976 bits per heavy atom. The molecule has 3 heterocycles. The molecule has 0 saturated heterocycles. The monoisotopic (exact) mass is 587 g/mol. The number of benzene rings is 2. The summed E-state index contributed by atoms with van der Waals surface area (Å²) in [7, 11) is 0. The summed E-state index contributed by atoms with van der Waals surface area (Å²) in [5.74, 6) is -1.42. The number of aromatic nitrogens is 2. The van der Waals surface area contributed by atoms with Crippen LogP contribution in [0.25, 0.3) is 11.3 Å². The summed E-state index contributed by atoms with van der Waals surface area (Å²) < 4.78 is 0. The van der Waals surface area contributed by atoms with E-state index in [-0.39, 0.29) is 18.0 Å². The van der Waals surface area contributed by atoms with Crippen molar-refractivity contribution < 1.29 is 19.5 Å². The minimum Gasteiger partial charge on any atom is -0.481 e. The van der Waals surface area contributed by atoms with E-state index in [1.807, 2.05) is 35.7 Å². The van der Waals surface area contributed by atoms with Crippen molar-refractivity contribution in [2.45, 2.75) is 25.7 Å². The number of nitrogens with zero attached hydrogens (tertiary/aromatic N) is 5. The van der Waals surface area contributed by atoms with Gasteiger partial charge in [-0.05, 0) is 25.0 Å². The van der Waals surface area contributed by atoms with E-state index in [9.17, 15) is 14.4 Å². The molecule has 3 N–H and O–H groups in total. The van der Waals surface area contributed by atoms with Gasteiger partial charge in [-0.1, -0.05) is 48.9 Å². The highest BCUT2D eigenvalue weighted by molar-refractivity contribution is 7.14. The van der Waals surface area contributed by atoms with Crippen LogP contribution in [0.2, 0.25) is 0 Å². The number of carboxylic acids is 1. The number of nitrogens with one attached hydrogen (secondary N) is 2. The second-order valence-corrected chi connectivity index (χ2v) is 10.6. The third-order valence-electron chi connectivity index (χ3n) is 6.03. The van der Waals surface area contributed by atoms with Gasteiger partial charge in [0.15, 0.2) is 5.71 Å². The Balaban J connectivity index is 1.27. The molecule has 0 unspecified atom stereocenters. The van der Waals surface area contributed by atoms with Crippen LogP contribution in [0.15, 0.2) is 81.8 Å². The van der Waals surface area contributed by atoms with E-state index in [2.05, 4.69) is 30.9 Å². The first-order valence-electron chi connectivity index (χ1n) is 12.8. The molecule has 0 spiro atoms. The smallest absolute Gasteiger partial charge is 0.303 e. The molecule has 4 aromatic rings. The lowest BCUT2D eigenvalue weighted by molar-refractivity contribution is -0.137. The molecule has 13 heteroatoms. The molecule has 1 aliphatic heterocycles. The third kappa shape index (κ3) is 6.88. The molecule has 5 rings (SSSR count). The fourth-order valence-corrected chi connectivity index (χ4v) is 5.22. The summed E-state index contributed by atoms with van der Waals surface area (Å²) in [6.07, 6.45) is 3.83. The first-order chi connectivity index (χ1) is 20.0. The first-order valence-corrected chi connectivity index (χ1v) is 14.5. The number of carbonyl (C=O) groups is 3. The van der Waals surface area contributed by atoms with E-state index in [4.69, 9.17) is 5.11 Å². The van der Waals surface area contributed by atoms with E-state index in [1.165, 1.54) is 27.7 Å². The lowest BCUT2D eigenvalue weighted by atomic mass is 10.1. The van der Waals surface area contributed by atoms with Crippen LogP contribution in [0.4, 0.5) is 10.3 Å². The molecular weight excluding hydrogens is 562 g/mol. The summed E-state index contributed by atoms with van der Waals surface area (Å²) in [6.45, 7) is 0.482. The van der Waals surface area contributed by atoms with Gasteiger partial charge in [-0.2, -0.15) is 15.2 Å². The Bertz CT molecular complexity index is 1580. The highest BCUT2D eigenvalue weighted by Gasteiger charge is 2.35. The molecule has 0 bridgehead atoms. The molecule has 1 aliphatic rings. The topological polar surface area (TPSA) is 149 Å². The van der Waals surface area contributed by atoms with Crippen LogP contribution in [-0.4, -0.2) is 50.8 Å². The number of hydrazone groups is 2. The van der Waals surface area contributed by atoms with E-state index in [0.717, 1.165) is 24.0 Å².